The molecular formula is C16H14Cl2N4O. The minimum absolute atomic E-state index is 0.0822. The van der Waals surface area contributed by atoms with Crippen LogP contribution in [0.3, 0.4) is 0 Å². The molecular weight excluding hydrogens is 335 g/mol. The second-order valence-electron chi connectivity index (χ2n) is 4.95. The van der Waals surface area contributed by atoms with E-state index in [1.54, 1.807) is 24.4 Å². The number of hydrogen-bond donors (Lipinski definition) is 1. The summed E-state index contributed by atoms with van der Waals surface area (Å²) < 4.78 is 1.85. The Labute approximate surface area is 143 Å². The van der Waals surface area contributed by atoms with Crippen LogP contribution in [0.5, 0.6) is 0 Å². The quantitative estimate of drug-likeness (QED) is 0.776. The Morgan fingerprint density at radius 2 is 1.96 bits per heavy atom. The van der Waals surface area contributed by atoms with Crippen LogP contribution in [-0.2, 0) is 17.8 Å². The SMILES string of the molecule is CCn1c(NC(=O)Cc2c(Cl)cccc2Cl)nc2cccnc21. The van der Waals surface area contributed by atoms with Gasteiger partial charge in [0.2, 0.25) is 11.9 Å². The molecule has 0 radical (unpaired) electrons. The predicted molar refractivity (Wildman–Crippen MR) is 92.0 cm³/mol. The number of nitrogens with zero attached hydrogens (tertiary/aromatic N) is 3. The molecule has 1 N–H and O–H groups in total. The maximum Gasteiger partial charge on any atom is 0.231 e. The summed E-state index contributed by atoms with van der Waals surface area (Å²) in [7, 11) is 0. The number of halogens is 2. The van der Waals surface area contributed by atoms with Crippen molar-refractivity contribution < 1.29 is 4.79 Å². The Bertz CT molecular complexity index is 855. The van der Waals surface area contributed by atoms with Crippen LogP contribution in [0.2, 0.25) is 10.0 Å². The van der Waals surface area contributed by atoms with E-state index in [0.29, 0.717) is 28.1 Å². The molecule has 0 aliphatic carbocycles. The van der Waals surface area contributed by atoms with Gasteiger partial charge in [-0.1, -0.05) is 29.3 Å². The van der Waals surface area contributed by atoms with Crippen LogP contribution in [0, 0.1) is 0 Å². The molecule has 0 saturated carbocycles. The van der Waals surface area contributed by atoms with Gasteiger partial charge in [0, 0.05) is 22.8 Å². The third kappa shape index (κ3) is 3.16. The highest BCUT2D eigenvalue weighted by Crippen LogP contribution is 2.25. The topological polar surface area (TPSA) is 59.8 Å². The first-order valence-corrected chi connectivity index (χ1v) is 7.89. The fourth-order valence-corrected chi connectivity index (χ4v) is 2.92. The maximum atomic E-state index is 12.3. The lowest BCUT2D eigenvalue weighted by Gasteiger charge is -2.09. The Morgan fingerprint density at radius 1 is 1.22 bits per heavy atom. The molecule has 0 fully saturated rings. The molecule has 0 saturated heterocycles. The van der Waals surface area contributed by atoms with Gasteiger partial charge in [-0.25, -0.2) is 9.97 Å². The molecule has 2 heterocycles. The summed E-state index contributed by atoms with van der Waals surface area (Å²) in [5, 5.41) is 3.75. The number of aryl methyl sites for hydroxylation is 1. The van der Waals surface area contributed by atoms with Crippen molar-refractivity contribution in [3.63, 3.8) is 0 Å². The number of anilines is 1. The zero-order valence-corrected chi connectivity index (χ0v) is 13.9. The second kappa shape index (κ2) is 6.56. The third-order valence-corrected chi connectivity index (χ3v) is 4.18. The first-order valence-electron chi connectivity index (χ1n) is 7.14. The van der Waals surface area contributed by atoms with Gasteiger partial charge in [0.25, 0.3) is 0 Å². The Balaban J connectivity index is 1.86. The van der Waals surface area contributed by atoms with Gasteiger partial charge in [0.05, 0.1) is 6.42 Å². The van der Waals surface area contributed by atoms with Gasteiger partial charge in [-0.05, 0) is 36.8 Å². The number of amides is 1. The van der Waals surface area contributed by atoms with Crippen molar-refractivity contribution in [2.24, 2.45) is 0 Å². The molecule has 118 valence electrons. The summed E-state index contributed by atoms with van der Waals surface area (Å²) in [5.74, 6) is 0.236. The van der Waals surface area contributed by atoms with Gasteiger partial charge in [0.15, 0.2) is 5.65 Å². The van der Waals surface area contributed by atoms with Crippen molar-refractivity contribution in [1.82, 2.24) is 14.5 Å². The molecule has 5 nitrogen and oxygen atoms in total. The van der Waals surface area contributed by atoms with Crippen molar-refractivity contribution in [2.45, 2.75) is 19.9 Å². The molecule has 3 rings (SSSR count). The molecule has 3 aromatic rings. The predicted octanol–water partition coefficient (Wildman–Crippen LogP) is 3.94. The standard InChI is InChI=1S/C16H14Cl2N4O/c1-2-22-15-13(7-4-8-19-15)20-16(22)21-14(23)9-10-11(17)5-3-6-12(10)18/h3-8H,2,9H2,1H3,(H,20,21,23). The molecule has 0 spiro atoms. The van der Waals surface area contributed by atoms with Gasteiger partial charge in [-0.3, -0.25) is 14.7 Å². The van der Waals surface area contributed by atoms with E-state index in [0.717, 1.165) is 11.2 Å². The molecule has 23 heavy (non-hydrogen) atoms. The lowest BCUT2D eigenvalue weighted by atomic mass is 10.1. The summed E-state index contributed by atoms with van der Waals surface area (Å²) >= 11 is 12.2. The zero-order chi connectivity index (χ0) is 16.4. The number of nitrogens with one attached hydrogen (secondary N) is 1. The highest BCUT2D eigenvalue weighted by Gasteiger charge is 2.15. The maximum absolute atomic E-state index is 12.3. The average Bonchev–Trinajstić information content (AvgIpc) is 2.88. The summed E-state index contributed by atoms with van der Waals surface area (Å²) in [6, 6.07) is 8.83. The van der Waals surface area contributed by atoms with E-state index in [4.69, 9.17) is 23.2 Å². The van der Waals surface area contributed by atoms with E-state index in [-0.39, 0.29) is 12.3 Å². The molecule has 0 aliphatic heterocycles. The number of imidazole rings is 1. The van der Waals surface area contributed by atoms with E-state index in [2.05, 4.69) is 15.3 Å². The Hall–Kier alpha value is -2.11. The number of carbonyl (C=O) groups excluding carboxylic acids is 1. The molecule has 0 bridgehead atoms. The first-order chi connectivity index (χ1) is 11.1. The van der Waals surface area contributed by atoms with Crippen LogP contribution >= 0.6 is 23.2 Å². The molecule has 1 aromatic carbocycles. The summed E-state index contributed by atoms with van der Waals surface area (Å²) in [6.45, 7) is 2.62. The number of aromatic nitrogens is 3. The number of pyridine rings is 1. The molecule has 0 unspecified atom stereocenters. The van der Waals surface area contributed by atoms with Crippen LogP contribution in [0.15, 0.2) is 36.5 Å². The van der Waals surface area contributed by atoms with E-state index >= 15 is 0 Å². The molecule has 0 atom stereocenters. The molecule has 0 aliphatic rings. The lowest BCUT2D eigenvalue weighted by Crippen LogP contribution is -2.18. The van der Waals surface area contributed by atoms with Crippen LogP contribution in [-0.4, -0.2) is 20.4 Å². The van der Waals surface area contributed by atoms with Crippen molar-refractivity contribution in [3.05, 3.63) is 52.1 Å². The Morgan fingerprint density at radius 3 is 2.65 bits per heavy atom. The van der Waals surface area contributed by atoms with Crippen LogP contribution in [0.25, 0.3) is 11.2 Å². The van der Waals surface area contributed by atoms with Gasteiger partial charge in [-0.2, -0.15) is 0 Å². The lowest BCUT2D eigenvalue weighted by molar-refractivity contribution is -0.115. The van der Waals surface area contributed by atoms with Gasteiger partial charge >= 0.3 is 0 Å². The molecule has 1 amide bonds. The number of rotatable bonds is 4. The van der Waals surface area contributed by atoms with Crippen molar-refractivity contribution in [1.29, 1.82) is 0 Å². The summed E-state index contributed by atoms with van der Waals surface area (Å²) in [6.07, 6.45) is 1.78. The minimum atomic E-state index is -0.231. The van der Waals surface area contributed by atoms with E-state index in [1.807, 2.05) is 23.6 Å². The molecule has 7 heteroatoms. The second-order valence-corrected chi connectivity index (χ2v) is 5.77. The van der Waals surface area contributed by atoms with Gasteiger partial charge < -0.3 is 0 Å². The summed E-state index contributed by atoms with van der Waals surface area (Å²) in [5.41, 5.74) is 2.08. The molecule has 2 aromatic heterocycles. The van der Waals surface area contributed by atoms with Crippen LogP contribution in [0.1, 0.15) is 12.5 Å². The monoisotopic (exact) mass is 348 g/mol. The van der Waals surface area contributed by atoms with Gasteiger partial charge in [-0.15, -0.1) is 0 Å². The van der Waals surface area contributed by atoms with Crippen molar-refractivity contribution in [3.8, 4) is 0 Å². The number of fused-ring (bicyclic) bond motifs is 1. The summed E-state index contributed by atoms with van der Waals surface area (Å²) in [4.78, 5) is 21.0. The number of hydrogen-bond acceptors (Lipinski definition) is 3. The van der Waals surface area contributed by atoms with Crippen LogP contribution in [0.4, 0.5) is 5.95 Å². The number of carbonyl (C=O) groups is 1. The minimum Gasteiger partial charge on any atom is -0.296 e. The number of benzene rings is 1. The normalized spacial score (nSPS) is 10.9. The highest BCUT2D eigenvalue weighted by atomic mass is 35.5. The fourth-order valence-electron chi connectivity index (χ4n) is 2.38. The zero-order valence-electron chi connectivity index (χ0n) is 12.4. The highest BCUT2D eigenvalue weighted by molar-refractivity contribution is 6.36. The smallest absolute Gasteiger partial charge is 0.231 e. The van der Waals surface area contributed by atoms with Gasteiger partial charge in [0.1, 0.15) is 5.52 Å². The van der Waals surface area contributed by atoms with E-state index in [1.165, 1.54) is 0 Å². The third-order valence-electron chi connectivity index (χ3n) is 3.47. The fraction of sp³-hybridized carbons (Fsp3) is 0.188. The Kier molecular flexibility index (Phi) is 4.50. The van der Waals surface area contributed by atoms with E-state index < -0.39 is 0 Å². The largest absolute Gasteiger partial charge is 0.296 e. The van der Waals surface area contributed by atoms with Crippen LogP contribution < -0.4 is 5.32 Å². The average molecular weight is 349 g/mol. The van der Waals surface area contributed by atoms with Crippen molar-refractivity contribution >= 4 is 46.2 Å². The van der Waals surface area contributed by atoms with E-state index in [9.17, 15) is 4.79 Å². The van der Waals surface area contributed by atoms with Crippen molar-refractivity contribution in [2.75, 3.05) is 5.32 Å². The first kappa shape index (κ1) is 15.8.